The van der Waals surface area contributed by atoms with Crippen LogP contribution in [0, 0.1) is 0 Å². The molecule has 1 heterocycles. The molecule has 1 rings (SSSR count). The first-order valence-electron chi connectivity index (χ1n) is 2.95. The van der Waals surface area contributed by atoms with E-state index in [-0.39, 0.29) is 6.61 Å². The Bertz CT molecular complexity index is 209. The molecule has 4 heteroatoms. The molecule has 0 aliphatic heterocycles. The second kappa shape index (κ2) is 2.72. The zero-order chi connectivity index (χ0) is 7.56. The van der Waals surface area contributed by atoms with Gasteiger partial charge in [0.2, 0.25) is 0 Å². The highest BCUT2D eigenvalue weighted by Crippen LogP contribution is 2.18. The van der Waals surface area contributed by atoms with E-state index in [1.54, 1.807) is 6.07 Å². The SMILES string of the molecule is Nc1ccoc1[C@H](N)CO. The molecular formula is C6H10N2O2. The molecule has 0 amide bonds. The number of aliphatic hydroxyl groups excluding tert-OH is 1. The van der Waals surface area contributed by atoms with E-state index in [0.717, 1.165) is 0 Å². The molecule has 5 N–H and O–H groups in total. The lowest BCUT2D eigenvalue weighted by Gasteiger charge is -2.03. The van der Waals surface area contributed by atoms with E-state index in [4.69, 9.17) is 21.0 Å². The largest absolute Gasteiger partial charge is 0.465 e. The molecule has 0 aliphatic rings. The van der Waals surface area contributed by atoms with Crippen molar-refractivity contribution in [2.75, 3.05) is 12.3 Å². The van der Waals surface area contributed by atoms with Gasteiger partial charge in [-0.1, -0.05) is 0 Å². The number of nitrogens with two attached hydrogens (primary N) is 2. The zero-order valence-corrected chi connectivity index (χ0v) is 5.45. The monoisotopic (exact) mass is 142 g/mol. The molecule has 0 aliphatic carbocycles. The average molecular weight is 142 g/mol. The van der Waals surface area contributed by atoms with Crippen molar-refractivity contribution in [3.05, 3.63) is 18.1 Å². The van der Waals surface area contributed by atoms with Gasteiger partial charge in [-0.05, 0) is 6.07 Å². The van der Waals surface area contributed by atoms with Crippen LogP contribution in [0.2, 0.25) is 0 Å². The summed E-state index contributed by atoms with van der Waals surface area (Å²) in [7, 11) is 0. The van der Waals surface area contributed by atoms with Gasteiger partial charge in [0.1, 0.15) is 5.76 Å². The van der Waals surface area contributed by atoms with Crippen molar-refractivity contribution in [3.8, 4) is 0 Å². The Hall–Kier alpha value is -1.00. The Kier molecular flexibility index (Phi) is 1.94. The molecule has 0 saturated carbocycles. The lowest BCUT2D eigenvalue weighted by Crippen LogP contribution is -2.14. The van der Waals surface area contributed by atoms with Crippen LogP contribution in [-0.4, -0.2) is 11.7 Å². The number of hydrogen-bond donors (Lipinski definition) is 3. The van der Waals surface area contributed by atoms with Crippen molar-refractivity contribution in [1.29, 1.82) is 0 Å². The summed E-state index contributed by atoms with van der Waals surface area (Å²) in [5.41, 5.74) is 11.3. The summed E-state index contributed by atoms with van der Waals surface area (Å²) >= 11 is 0. The molecule has 0 bridgehead atoms. The second-order valence-corrected chi connectivity index (χ2v) is 2.03. The molecule has 1 aromatic rings. The molecule has 4 nitrogen and oxygen atoms in total. The van der Waals surface area contributed by atoms with Crippen LogP contribution in [-0.2, 0) is 0 Å². The van der Waals surface area contributed by atoms with Gasteiger partial charge in [0.15, 0.2) is 0 Å². The Morgan fingerprint density at radius 3 is 2.80 bits per heavy atom. The number of aliphatic hydroxyl groups is 1. The molecule has 10 heavy (non-hydrogen) atoms. The van der Waals surface area contributed by atoms with Crippen LogP contribution in [0.5, 0.6) is 0 Å². The Morgan fingerprint density at radius 2 is 2.40 bits per heavy atom. The minimum absolute atomic E-state index is 0.155. The van der Waals surface area contributed by atoms with Gasteiger partial charge in [0.05, 0.1) is 24.6 Å². The molecular weight excluding hydrogens is 132 g/mol. The fraction of sp³-hybridized carbons (Fsp3) is 0.333. The van der Waals surface area contributed by atoms with Gasteiger partial charge in [0, 0.05) is 0 Å². The van der Waals surface area contributed by atoms with Crippen molar-refractivity contribution < 1.29 is 9.52 Å². The van der Waals surface area contributed by atoms with Gasteiger partial charge < -0.3 is 21.0 Å². The smallest absolute Gasteiger partial charge is 0.145 e. The summed E-state index contributed by atoms with van der Waals surface area (Å²) in [4.78, 5) is 0. The standard InChI is InChI=1S/C6H10N2O2/c7-4-1-2-10-6(4)5(8)3-9/h1-2,5,9H,3,7-8H2/t5-/m1/s1. The van der Waals surface area contributed by atoms with Gasteiger partial charge in [-0.2, -0.15) is 0 Å². The fourth-order valence-corrected chi connectivity index (χ4v) is 0.715. The number of hydrogen-bond acceptors (Lipinski definition) is 4. The highest BCUT2D eigenvalue weighted by Gasteiger charge is 2.10. The maximum absolute atomic E-state index is 8.59. The first-order chi connectivity index (χ1) is 4.75. The molecule has 0 unspecified atom stereocenters. The van der Waals surface area contributed by atoms with Crippen molar-refractivity contribution in [1.82, 2.24) is 0 Å². The summed E-state index contributed by atoms with van der Waals surface area (Å²) in [5, 5.41) is 8.59. The first kappa shape index (κ1) is 7.11. The molecule has 1 aromatic heterocycles. The zero-order valence-electron chi connectivity index (χ0n) is 5.45. The molecule has 0 fully saturated rings. The lowest BCUT2D eigenvalue weighted by molar-refractivity contribution is 0.252. The van der Waals surface area contributed by atoms with Crippen LogP contribution < -0.4 is 11.5 Å². The number of anilines is 1. The maximum Gasteiger partial charge on any atom is 0.145 e. The Morgan fingerprint density at radius 1 is 1.70 bits per heavy atom. The van der Waals surface area contributed by atoms with E-state index in [1.807, 2.05) is 0 Å². The van der Waals surface area contributed by atoms with E-state index < -0.39 is 6.04 Å². The summed E-state index contributed by atoms with van der Waals surface area (Å²) in [6, 6.07) is 1.10. The lowest BCUT2D eigenvalue weighted by atomic mass is 10.2. The van der Waals surface area contributed by atoms with Gasteiger partial charge in [0.25, 0.3) is 0 Å². The normalized spacial score (nSPS) is 13.4. The molecule has 1 atom stereocenters. The van der Waals surface area contributed by atoms with Crippen molar-refractivity contribution in [2.24, 2.45) is 5.73 Å². The van der Waals surface area contributed by atoms with Crippen LogP contribution in [0.3, 0.4) is 0 Å². The molecule has 0 radical (unpaired) electrons. The quantitative estimate of drug-likeness (QED) is 0.536. The summed E-state index contributed by atoms with van der Waals surface area (Å²) in [5.74, 6) is 0.447. The molecule has 0 aromatic carbocycles. The third-order valence-electron chi connectivity index (χ3n) is 1.26. The molecule has 0 saturated heterocycles. The van der Waals surface area contributed by atoms with Gasteiger partial charge in [-0.3, -0.25) is 0 Å². The van der Waals surface area contributed by atoms with Gasteiger partial charge in [-0.15, -0.1) is 0 Å². The predicted molar refractivity (Wildman–Crippen MR) is 37.1 cm³/mol. The van der Waals surface area contributed by atoms with Crippen molar-refractivity contribution in [3.63, 3.8) is 0 Å². The minimum Gasteiger partial charge on any atom is -0.465 e. The van der Waals surface area contributed by atoms with Crippen LogP contribution in [0.1, 0.15) is 11.8 Å². The summed E-state index contributed by atoms with van der Waals surface area (Å²) in [6.07, 6.45) is 1.44. The fourth-order valence-electron chi connectivity index (χ4n) is 0.715. The number of furan rings is 1. The van der Waals surface area contributed by atoms with Crippen LogP contribution in [0.25, 0.3) is 0 Å². The second-order valence-electron chi connectivity index (χ2n) is 2.03. The van der Waals surface area contributed by atoms with E-state index in [2.05, 4.69) is 0 Å². The van der Waals surface area contributed by atoms with E-state index >= 15 is 0 Å². The summed E-state index contributed by atoms with van der Waals surface area (Å²) in [6.45, 7) is -0.155. The van der Waals surface area contributed by atoms with E-state index in [1.165, 1.54) is 6.26 Å². The average Bonchev–Trinajstić information content (AvgIpc) is 2.34. The molecule has 0 spiro atoms. The van der Waals surface area contributed by atoms with Gasteiger partial charge >= 0.3 is 0 Å². The minimum atomic E-state index is -0.505. The van der Waals surface area contributed by atoms with Crippen molar-refractivity contribution in [2.45, 2.75) is 6.04 Å². The number of rotatable bonds is 2. The van der Waals surface area contributed by atoms with Crippen LogP contribution in [0.15, 0.2) is 16.7 Å². The molecule has 56 valence electrons. The van der Waals surface area contributed by atoms with Gasteiger partial charge in [-0.25, -0.2) is 0 Å². The van der Waals surface area contributed by atoms with E-state index in [9.17, 15) is 0 Å². The highest BCUT2D eigenvalue weighted by atomic mass is 16.3. The predicted octanol–water partition coefficient (Wildman–Crippen LogP) is -0.146. The Labute approximate surface area is 58.4 Å². The Balaban J connectivity index is 2.82. The van der Waals surface area contributed by atoms with Crippen molar-refractivity contribution >= 4 is 5.69 Å². The summed E-state index contributed by atoms with van der Waals surface area (Å²) < 4.78 is 4.91. The van der Waals surface area contributed by atoms with Crippen LogP contribution in [0.4, 0.5) is 5.69 Å². The first-order valence-corrected chi connectivity index (χ1v) is 2.95. The van der Waals surface area contributed by atoms with Crippen LogP contribution >= 0.6 is 0 Å². The highest BCUT2D eigenvalue weighted by molar-refractivity contribution is 5.42. The van der Waals surface area contributed by atoms with E-state index in [0.29, 0.717) is 11.4 Å². The topological polar surface area (TPSA) is 85.4 Å². The maximum atomic E-state index is 8.59. The third-order valence-corrected chi connectivity index (χ3v) is 1.26. The number of nitrogen functional groups attached to an aromatic ring is 1. The third kappa shape index (κ3) is 1.12.